The Kier molecular flexibility index (Phi) is 2.93. The fraction of sp³-hybridized carbons (Fsp3) is 0.333. The summed E-state index contributed by atoms with van der Waals surface area (Å²) in [6, 6.07) is 4.74. The van der Waals surface area contributed by atoms with Gasteiger partial charge in [0.2, 0.25) is 5.82 Å². The van der Waals surface area contributed by atoms with Crippen LogP contribution in [0.3, 0.4) is 0 Å². The van der Waals surface area contributed by atoms with Crippen molar-refractivity contribution < 1.29 is 14.4 Å². The van der Waals surface area contributed by atoms with Crippen molar-refractivity contribution in [3.8, 4) is 17.2 Å². The van der Waals surface area contributed by atoms with Gasteiger partial charge in [0.25, 0.3) is 5.89 Å². The van der Waals surface area contributed by atoms with E-state index in [1.807, 2.05) is 0 Å². The van der Waals surface area contributed by atoms with Crippen molar-refractivity contribution >= 4 is 11.6 Å². The molecule has 0 aliphatic carbocycles. The summed E-state index contributed by atoms with van der Waals surface area (Å²) in [5.74, 6) is 0.816. The third-order valence-electron chi connectivity index (χ3n) is 2.85. The molecule has 2 heterocycles. The van der Waals surface area contributed by atoms with Gasteiger partial charge in [0.15, 0.2) is 0 Å². The van der Waals surface area contributed by atoms with E-state index in [9.17, 15) is 5.11 Å². The van der Waals surface area contributed by atoms with Crippen molar-refractivity contribution in [1.29, 1.82) is 0 Å². The first-order chi connectivity index (χ1) is 8.74. The summed E-state index contributed by atoms with van der Waals surface area (Å²) in [4.78, 5) is 4.25. The largest absolute Gasteiger partial charge is 0.507 e. The van der Waals surface area contributed by atoms with E-state index >= 15 is 0 Å². The number of nitrogens with zero attached hydrogens (tertiary/aromatic N) is 2. The number of aromatic hydroxyl groups is 1. The number of hydrogen-bond acceptors (Lipinski definition) is 5. The Morgan fingerprint density at radius 3 is 3.00 bits per heavy atom. The van der Waals surface area contributed by atoms with E-state index in [4.69, 9.17) is 20.9 Å². The minimum absolute atomic E-state index is 0.0186. The molecule has 1 saturated heterocycles. The fourth-order valence-corrected chi connectivity index (χ4v) is 2.11. The molecule has 1 unspecified atom stereocenters. The van der Waals surface area contributed by atoms with Crippen LogP contribution in [0.5, 0.6) is 5.75 Å². The topological polar surface area (TPSA) is 68.4 Å². The first-order valence-electron chi connectivity index (χ1n) is 5.68. The number of hydrogen-bond donors (Lipinski definition) is 1. The summed E-state index contributed by atoms with van der Waals surface area (Å²) < 4.78 is 10.6. The van der Waals surface area contributed by atoms with Crippen LogP contribution >= 0.6 is 11.6 Å². The molecule has 0 spiro atoms. The Balaban J connectivity index is 1.92. The lowest BCUT2D eigenvalue weighted by Gasteiger charge is -2.01. The molecule has 5 nitrogen and oxygen atoms in total. The number of aromatic nitrogens is 2. The highest BCUT2D eigenvalue weighted by atomic mass is 35.5. The van der Waals surface area contributed by atoms with Crippen LogP contribution in [0.15, 0.2) is 22.7 Å². The second-order valence-corrected chi connectivity index (χ2v) is 4.56. The number of ether oxygens (including phenoxy) is 1. The van der Waals surface area contributed by atoms with Crippen molar-refractivity contribution in [3.05, 3.63) is 29.0 Å². The Bertz CT molecular complexity index is 564. The second-order valence-electron chi connectivity index (χ2n) is 4.12. The van der Waals surface area contributed by atoms with Gasteiger partial charge in [-0.15, -0.1) is 0 Å². The van der Waals surface area contributed by atoms with Crippen LogP contribution in [0.25, 0.3) is 11.5 Å². The van der Waals surface area contributed by atoms with Gasteiger partial charge in [-0.1, -0.05) is 16.8 Å². The smallest absolute Gasteiger partial charge is 0.261 e. The quantitative estimate of drug-likeness (QED) is 0.905. The molecule has 1 fully saturated rings. The molecule has 0 bridgehead atoms. The number of benzene rings is 1. The van der Waals surface area contributed by atoms with E-state index < -0.39 is 0 Å². The van der Waals surface area contributed by atoms with Gasteiger partial charge in [0.1, 0.15) is 11.9 Å². The van der Waals surface area contributed by atoms with Crippen molar-refractivity contribution in [2.45, 2.75) is 18.9 Å². The minimum atomic E-state index is -0.100. The predicted octanol–water partition coefficient (Wildman–Crippen LogP) is 2.95. The first kappa shape index (κ1) is 11.5. The van der Waals surface area contributed by atoms with Crippen LogP contribution in [0.4, 0.5) is 0 Å². The minimum Gasteiger partial charge on any atom is -0.507 e. The molecule has 1 aliphatic rings. The first-order valence-corrected chi connectivity index (χ1v) is 6.06. The molecular weight excluding hydrogens is 256 g/mol. The average Bonchev–Trinajstić information content (AvgIpc) is 2.99. The molecule has 1 atom stereocenters. The Labute approximate surface area is 108 Å². The highest BCUT2D eigenvalue weighted by Gasteiger charge is 2.24. The van der Waals surface area contributed by atoms with Gasteiger partial charge < -0.3 is 14.4 Å². The maximum absolute atomic E-state index is 9.78. The van der Waals surface area contributed by atoms with Crippen molar-refractivity contribution in [2.24, 2.45) is 0 Å². The van der Waals surface area contributed by atoms with Crippen LogP contribution in [0.2, 0.25) is 5.02 Å². The van der Waals surface area contributed by atoms with Crippen LogP contribution in [-0.2, 0) is 4.74 Å². The van der Waals surface area contributed by atoms with E-state index in [2.05, 4.69) is 10.1 Å². The van der Waals surface area contributed by atoms with E-state index in [0.29, 0.717) is 16.4 Å². The monoisotopic (exact) mass is 266 g/mol. The summed E-state index contributed by atoms with van der Waals surface area (Å²) in [5, 5.41) is 14.1. The number of halogens is 1. The normalized spacial score (nSPS) is 19.3. The molecule has 18 heavy (non-hydrogen) atoms. The third-order valence-corrected chi connectivity index (χ3v) is 3.08. The van der Waals surface area contributed by atoms with Crippen LogP contribution in [-0.4, -0.2) is 21.9 Å². The second kappa shape index (κ2) is 4.59. The molecule has 0 radical (unpaired) electrons. The predicted molar refractivity (Wildman–Crippen MR) is 64.3 cm³/mol. The van der Waals surface area contributed by atoms with Crippen molar-refractivity contribution in [1.82, 2.24) is 10.1 Å². The van der Waals surface area contributed by atoms with Crippen molar-refractivity contribution in [2.75, 3.05) is 6.61 Å². The molecule has 0 amide bonds. The third kappa shape index (κ3) is 2.07. The summed E-state index contributed by atoms with van der Waals surface area (Å²) in [7, 11) is 0. The van der Waals surface area contributed by atoms with Gasteiger partial charge in [-0.05, 0) is 31.0 Å². The van der Waals surface area contributed by atoms with E-state index in [1.54, 1.807) is 12.1 Å². The van der Waals surface area contributed by atoms with Gasteiger partial charge in [0.05, 0.1) is 5.56 Å². The number of rotatable bonds is 2. The van der Waals surface area contributed by atoms with Crippen molar-refractivity contribution in [3.63, 3.8) is 0 Å². The number of phenolic OH excluding ortho intramolecular Hbond substituents is 1. The van der Waals surface area contributed by atoms with Crippen LogP contribution < -0.4 is 0 Å². The molecule has 94 valence electrons. The SMILES string of the molecule is Oc1cc(Cl)ccc1-c1nc(C2CCCO2)no1. The lowest BCUT2D eigenvalue weighted by Crippen LogP contribution is -1.97. The van der Waals surface area contributed by atoms with Gasteiger partial charge in [0, 0.05) is 11.6 Å². The van der Waals surface area contributed by atoms with E-state index in [0.717, 1.165) is 19.4 Å². The maximum Gasteiger partial charge on any atom is 0.261 e. The van der Waals surface area contributed by atoms with Gasteiger partial charge in [-0.25, -0.2) is 0 Å². The molecule has 1 aromatic carbocycles. The molecular formula is C12H11ClN2O3. The zero-order valence-corrected chi connectivity index (χ0v) is 10.2. The summed E-state index contributed by atoms with van der Waals surface area (Å²) >= 11 is 5.77. The summed E-state index contributed by atoms with van der Waals surface area (Å²) in [6.07, 6.45) is 1.80. The van der Waals surface area contributed by atoms with Crippen LogP contribution in [0, 0.1) is 0 Å². The standard InChI is InChI=1S/C12H11ClN2O3/c13-7-3-4-8(9(16)6-7)12-14-11(15-18-12)10-2-1-5-17-10/h3-4,6,10,16H,1-2,5H2. The molecule has 6 heteroatoms. The van der Waals surface area contributed by atoms with E-state index in [1.165, 1.54) is 6.07 Å². The Morgan fingerprint density at radius 1 is 1.39 bits per heavy atom. The average molecular weight is 267 g/mol. The maximum atomic E-state index is 9.78. The molecule has 3 rings (SSSR count). The Hall–Kier alpha value is -1.59. The van der Waals surface area contributed by atoms with Gasteiger partial charge >= 0.3 is 0 Å². The summed E-state index contributed by atoms with van der Waals surface area (Å²) in [6.45, 7) is 0.723. The fourth-order valence-electron chi connectivity index (χ4n) is 1.94. The lowest BCUT2D eigenvalue weighted by atomic mass is 10.2. The zero-order chi connectivity index (χ0) is 12.5. The van der Waals surface area contributed by atoms with E-state index in [-0.39, 0.29) is 17.7 Å². The molecule has 1 aromatic heterocycles. The molecule has 2 aromatic rings. The number of phenols is 1. The summed E-state index contributed by atoms with van der Waals surface area (Å²) in [5.41, 5.74) is 0.469. The zero-order valence-electron chi connectivity index (χ0n) is 9.47. The molecule has 1 aliphatic heterocycles. The van der Waals surface area contributed by atoms with Crippen LogP contribution in [0.1, 0.15) is 24.8 Å². The highest BCUT2D eigenvalue weighted by Crippen LogP contribution is 2.32. The van der Waals surface area contributed by atoms with Gasteiger partial charge in [-0.2, -0.15) is 4.98 Å². The van der Waals surface area contributed by atoms with Gasteiger partial charge in [-0.3, -0.25) is 0 Å². The highest BCUT2D eigenvalue weighted by molar-refractivity contribution is 6.30. The lowest BCUT2D eigenvalue weighted by molar-refractivity contribution is 0.103. The molecule has 0 saturated carbocycles. The Morgan fingerprint density at radius 2 is 2.28 bits per heavy atom. The molecule has 1 N–H and O–H groups in total.